The van der Waals surface area contributed by atoms with Gasteiger partial charge >= 0.3 is 0 Å². The fourth-order valence-electron chi connectivity index (χ4n) is 2.90. The Morgan fingerprint density at radius 3 is 2.59 bits per heavy atom. The van der Waals surface area contributed by atoms with Crippen LogP contribution in [0.1, 0.15) is 19.4 Å². The summed E-state index contributed by atoms with van der Waals surface area (Å²) in [5.41, 5.74) is 6.18. The maximum absolute atomic E-state index is 10.5. The van der Waals surface area contributed by atoms with Crippen molar-refractivity contribution >= 4 is 12.0 Å². The van der Waals surface area contributed by atoms with Gasteiger partial charge in [-0.3, -0.25) is 0 Å². The van der Waals surface area contributed by atoms with Gasteiger partial charge in [-0.05, 0) is 66.0 Å². The molecule has 0 saturated heterocycles. The molecule has 0 spiro atoms. The van der Waals surface area contributed by atoms with Gasteiger partial charge in [0.1, 0.15) is 12.4 Å². The smallest absolute Gasteiger partial charge is 0.127 e. The first-order chi connectivity index (χ1) is 13.0. The molecule has 0 bridgehead atoms. The van der Waals surface area contributed by atoms with Crippen LogP contribution in [-0.4, -0.2) is 12.6 Å². The molecule has 3 heteroatoms. The monoisotopic (exact) mass is 357 g/mol. The third-order valence-corrected chi connectivity index (χ3v) is 4.39. The van der Waals surface area contributed by atoms with Crippen LogP contribution in [0.25, 0.3) is 17.2 Å². The fourth-order valence-corrected chi connectivity index (χ4v) is 2.90. The lowest BCUT2D eigenvalue weighted by Gasteiger charge is -2.19. The van der Waals surface area contributed by atoms with Gasteiger partial charge in [0, 0.05) is 5.56 Å². The van der Waals surface area contributed by atoms with Crippen molar-refractivity contribution in [2.24, 2.45) is 0 Å². The summed E-state index contributed by atoms with van der Waals surface area (Å²) in [7, 11) is 0. The molecule has 1 aliphatic heterocycles. The lowest BCUT2D eigenvalue weighted by Crippen LogP contribution is -2.19. The van der Waals surface area contributed by atoms with E-state index in [1.54, 1.807) is 13.0 Å². The summed E-state index contributed by atoms with van der Waals surface area (Å²) in [6.07, 6.45) is 8.75. The maximum Gasteiger partial charge on any atom is 0.127 e. The van der Waals surface area contributed by atoms with E-state index in [0.29, 0.717) is 12.2 Å². The van der Waals surface area contributed by atoms with Crippen molar-refractivity contribution in [2.45, 2.75) is 13.8 Å². The van der Waals surface area contributed by atoms with E-state index in [2.05, 4.69) is 30.3 Å². The minimum absolute atomic E-state index is 0.516. The molecule has 0 atom stereocenters. The number of allylic oxidation sites excluding steroid dienone is 4. The van der Waals surface area contributed by atoms with E-state index in [4.69, 9.17) is 4.74 Å². The highest BCUT2D eigenvalue weighted by molar-refractivity contribution is 5.79. The summed E-state index contributed by atoms with van der Waals surface area (Å²) in [6.45, 7) is 4.25. The Labute approximate surface area is 159 Å². The molecule has 2 aromatic carbocycles. The van der Waals surface area contributed by atoms with Crippen LogP contribution in [0.2, 0.25) is 0 Å². The molecular weight excluding hydrogens is 336 g/mol. The van der Waals surface area contributed by atoms with E-state index in [1.165, 1.54) is 5.56 Å². The predicted molar refractivity (Wildman–Crippen MR) is 107 cm³/mol. The van der Waals surface area contributed by atoms with Gasteiger partial charge in [-0.15, -0.1) is 0 Å². The third-order valence-electron chi connectivity index (χ3n) is 4.39. The molecule has 0 amide bonds. The molecule has 0 fully saturated rings. The minimum Gasteiger partial charge on any atom is -0.545 e. The van der Waals surface area contributed by atoms with Crippen LogP contribution < -0.4 is 9.84 Å². The second-order valence-corrected chi connectivity index (χ2v) is 6.49. The van der Waals surface area contributed by atoms with Gasteiger partial charge in [0.05, 0.1) is 5.97 Å². The van der Waals surface area contributed by atoms with E-state index in [1.807, 2.05) is 43.3 Å². The van der Waals surface area contributed by atoms with Gasteiger partial charge in [-0.25, -0.2) is 0 Å². The molecule has 3 nitrogen and oxygen atoms in total. The largest absolute Gasteiger partial charge is 0.545 e. The van der Waals surface area contributed by atoms with Gasteiger partial charge in [0.2, 0.25) is 0 Å². The van der Waals surface area contributed by atoms with Crippen LogP contribution in [0, 0.1) is 0 Å². The van der Waals surface area contributed by atoms with Crippen molar-refractivity contribution in [1.82, 2.24) is 0 Å². The zero-order chi connectivity index (χ0) is 19.2. The number of carbonyl (C=O) groups excluding carboxylic acids is 1. The molecule has 0 unspecified atom stereocenters. The second-order valence-electron chi connectivity index (χ2n) is 6.49. The Balaban J connectivity index is 1.83. The van der Waals surface area contributed by atoms with Crippen molar-refractivity contribution in [3.8, 4) is 16.9 Å². The van der Waals surface area contributed by atoms with Gasteiger partial charge in [0.15, 0.2) is 0 Å². The number of carboxylic acids is 1. The highest BCUT2D eigenvalue weighted by Crippen LogP contribution is 2.32. The van der Waals surface area contributed by atoms with Crippen LogP contribution >= 0.6 is 0 Å². The maximum atomic E-state index is 10.5. The van der Waals surface area contributed by atoms with E-state index in [-0.39, 0.29) is 0 Å². The third kappa shape index (κ3) is 4.85. The Hall–Kier alpha value is -3.33. The number of ether oxygens (including phenoxy) is 1. The van der Waals surface area contributed by atoms with Crippen LogP contribution in [0.15, 0.2) is 89.6 Å². The van der Waals surface area contributed by atoms with Crippen LogP contribution in [0.4, 0.5) is 0 Å². The van der Waals surface area contributed by atoms with Crippen molar-refractivity contribution in [3.05, 3.63) is 95.1 Å². The molecule has 0 N–H and O–H groups in total. The summed E-state index contributed by atoms with van der Waals surface area (Å²) in [5.74, 6) is -0.304. The van der Waals surface area contributed by atoms with Crippen molar-refractivity contribution < 1.29 is 14.6 Å². The first-order valence-electron chi connectivity index (χ1n) is 8.80. The number of fused-ring (bicyclic) bond motifs is 1. The molecule has 27 heavy (non-hydrogen) atoms. The molecule has 2 aromatic rings. The van der Waals surface area contributed by atoms with Crippen molar-refractivity contribution in [1.29, 1.82) is 0 Å². The number of aliphatic carboxylic acids is 1. The zero-order valence-electron chi connectivity index (χ0n) is 15.4. The first kappa shape index (κ1) is 18.5. The minimum atomic E-state index is -1.19. The summed E-state index contributed by atoms with van der Waals surface area (Å²) >= 11 is 0. The summed E-state index contributed by atoms with van der Waals surface area (Å²) in [6, 6.07) is 16.5. The molecule has 0 radical (unpaired) electrons. The Morgan fingerprint density at radius 1 is 1.07 bits per heavy atom. The highest BCUT2D eigenvalue weighted by atomic mass is 16.5. The van der Waals surface area contributed by atoms with Crippen LogP contribution in [-0.2, 0) is 4.79 Å². The Kier molecular flexibility index (Phi) is 5.72. The molecule has 0 aliphatic carbocycles. The average molecular weight is 357 g/mol. The zero-order valence-corrected chi connectivity index (χ0v) is 15.4. The second kappa shape index (κ2) is 8.37. The van der Waals surface area contributed by atoms with Gasteiger partial charge in [0.25, 0.3) is 0 Å². The lowest BCUT2D eigenvalue weighted by atomic mass is 9.97. The SMILES string of the molecule is CC(/C=C/C=C(\C)C1=Cc2cc(-c3ccccc3)ccc2OC1)=C\C(=O)[O-]. The molecule has 136 valence electrons. The van der Waals surface area contributed by atoms with Gasteiger partial charge < -0.3 is 14.6 Å². The molecule has 1 heterocycles. The first-order valence-corrected chi connectivity index (χ1v) is 8.80. The van der Waals surface area contributed by atoms with E-state index in [9.17, 15) is 9.90 Å². The number of carboxylic acid groups (broad SMARTS) is 1. The van der Waals surface area contributed by atoms with E-state index < -0.39 is 5.97 Å². The Morgan fingerprint density at radius 2 is 1.85 bits per heavy atom. The number of hydrogen-bond donors (Lipinski definition) is 0. The van der Waals surface area contributed by atoms with Crippen LogP contribution in [0.5, 0.6) is 5.75 Å². The average Bonchev–Trinajstić information content (AvgIpc) is 2.67. The fraction of sp³-hybridized carbons (Fsp3) is 0.125. The number of benzene rings is 2. The van der Waals surface area contributed by atoms with Crippen molar-refractivity contribution in [2.75, 3.05) is 6.61 Å². The molecule has 0 saturated carbocycles. The van der Waals surface area contributed by atoms with Gasteiger partial charge in [-0.1, -0.05) is 54.6 Å². The highest BCUT2D eigenvalue weighted by Gasteiger charge is 2.13. The Bertz CT molecular complexity index is 960. The topological polar surface area (TPSA) is 49.4 Å². The quantitative estimate of drug-likeness (QED) is 0.591. The molecule has 3 rings (SSSR count). The summed E-state index contributed by atoms with van der Waals surface area (Å²) in [5, 5.41) is 10.5. The lowest BCUT2D eigenvalue weighted by molar-refractivity contribution is -0.297. The number of carbonyl (C=O) groups is 1. The normalized spacial score (nSPS) is 14.5. The standard InChI is InChI=1S/C24H22O3/c1-17(13-24(25)26)7-6-8-18(2)22-15-21-14-20(11-12-23(21)27-16-22)19-9-4-3-5-10-19/h3-15H,16H2,1-2H3,(H,25,26)/p-1/b7-6+,17-13+,18-8+. The summed E-state index contributed by atoms with van der Waals surface area (Å²) in [4.78, 5) is 10.5. The molecule has 0 aromatic heterocycles. The van der Waals surface area contributed by atoms with Crippen molar-refractivity contribution in [3.63, 3.8) is 0 Å². The number of hydrogen-bond acceptors (Lipinski definition) is 3. The van der Waals surface area contributed by atoms with E-state index >= 15 is 0 Å². The van der Waals surface area contributed by atoms with Gasteiger partial charge in [-0.2, -0.15) is 0 Å². The van der Waals surface area contributed by atoms with E-state index in [0.717, 1.165) is 34.1 Å². The number of rotatable bonds is 5. The molecular formula is C24H21O3-. The predicted octanol–water partition coefficient (Wildman–Crippen LogP) is 4.33. The van der Waals surface area contributed by atoms with Crippen LogP contribution in [0.3, 0.4) is 0 Å². The molecule has 1 aliphatic rings. The summed E-state index contributed by atoms with van der Waals surface area (Å²) < 4.78 is 5.90.